The van der Waals surface area contributed by atoms with Gasteiger partial charge in [0.25, 0.3) is 0 Å². The lowest BCUT2D eigenvalue weighted by Gasteiger charge is -2.11. The third-order valence-corrected chi connectivity index (χ3v) is 3.31. The molecule has 1 aromatic heterocycles. The van der Waals surface area contributed by atoms with Crippen LogP contribution in [0.25, 0.3) is 11.4 Å². The van der Waals surface area contributed by atoms with Gasteiger partial charge < -0.3 is 10.5 Å². The first-order valence-corrected chi connectivity index (χ1v) is 6.34. The summed E-state index contributed by atoms with van der Waals surface area (Å²) in [5.41, 5.74) is 8.22. The second-order valence-corrected chi connectivity index (χ2v) is 4.59. The molecule has 0 spiro atoms. The Kier molecular flexibility index (Phi) is 3.22. The first-order valence-electron chi connectivity index (χ1n) is 6.34. The van der Waals surface area contributed by atoms with Crippen LogP contribution in [0.2, 0.25) is 0 Å². The zero-order valence-electron chi connectivity index (χ0n) is 10.6. The number of halogens is 2. The number of nitrogens with two attached hydrogens (primary N) is 1. The van der Waals surface area contributed by atoms with E-state index < -0.39 is 6.61 Å². The van der Waals surface area contributed by atoms with Gasteiger partial charge in [-0.3, -0.25) is 0 Å². The highest BCUT2D eigenvalue weighted by atomic mass is 19.3. The Labute approximate surface area is 114 Å². The van der Waals surface area contributed by atoms with Crippen LogP contribution in [0.4, 0.5) is 14.6 Å². The van der Waals surface area contributed by atoms with Gasteiger partial charge in [-0.1, -0.05) is 12.1 Å². The molecule has 0 radical (unpaired) electrons. The molecular weight excluding hydrogens is 264 g/mol. The molecule has 1 aliphatic rings. The van der Waals surface area contributed by atoms with Gasteiger partial charge >= 0.3 is 6.61 Å². The number of aryl methyl sites for hydroxylation is 1. The standard InChI is InChI=1S/C14H13F2N3O/c15-14(16)20-11-7-2-1-4-9(11)13-18-10-6-3-5-8(10)12(17)19-13/h1-2,4,7,14H,3,5-6H2,(H2,17,18,19). The molecule has 4 nitrogen and oxygen atoms in total. The van der Waals surface area contributed by atoms with E-state index >= 15 is 0 Å². The number of rotatable bonds is 3. The summed E-state index contributed by atoms with van der Waals surface area (Å²) < 4.78 is 29.4. The summed E-state index contributed by atoms with van der Waals surface area (Å²) >= 11 is 0. The van der Waals surface area contributed by atoms with Crippen molar-refractivity contribution in [1.82, 2.24) is 9.97 Å². The van der Waals surface area contributed by atoms with Crippen molar-refractivity contribution >= 4 is 5.82 Å². The number of aromatic nitrogens is 2. The molecule has 1 aliphatic carbocycles. The molecule has 2 aromatic rings. The van der Waals surface area contributed by atoms with Crippen molar-refractivity contribution in [2.75, 3.05) is 5.73 Å². The van der Waals surface area contributed by atoms with Gasteiger partial charge in [-0.25, -0.2) is 9.97 Å². The Morgan fingerprint density at radius 3 is 2.75 bits per heavy atom. The quantitative estimate of drug-likeness (QED) is 0.937. The minimum Gasteiger partial charge on any atom is -0.434 e. The van der Waals surface area contributed by atoms with Crippen molar-refractivity contribution in [3.8, 4) is 17.1 Å². The van der Waals surface area contributed by atoms with Crippen molar-refractivity contribution in [1.29, 1.82) is 0 Å². The number of hydrogen-bond donors (Lipinski definition) is 1. The van der Waals surface area contributed by atoms with Gasteiger partial charge in [-0.15, -0.1) is 0 Å². The fourth-order valence-electron chi connectivity index (χ4n) is 2.43. The number of fused-ring (bicyclic) bond motifs is 1. The summed E-state index contributed by atoms with van der Waals surface area (Å²) in [4.78, 5) is 8.66. The van der Waals surface area contributed by atoms with E-state index in [4.69, 9.17) is 5.73 Å². The van der Waals surface area contributed by atoms with E-state index in [9.17, 15) is 8.78 Å². The normalized spacial score (nSPS) is 13.6. The van der Waals surface area contributed by atoms with E-state index in [2.05, 4.69) is 14.7 Å². The van der Waals surface area contributed by atoms with Crippen LogP contribution in [-0.4, -0.2) is 16.6 Å². The summed E-state index contributed by atoms with van der Waals surface area (Å²) in [6.07, 6.45) is 2.70. The van der Waals surface area contributed by atoms with Gasteiger partial charge in [0.1, 0.15) is 11.6 Å². The SMILES string of the molecule is Nc1nc(-c2ccccc2OC(F)F)nc2c1CCC2. The van der Waals surface area contributed by atoms with Gasteiger partial charge in [-0.05, 0) is 31.4 Å². The number of hydrogen-bond acceptors (Lipinski definition) is 4. The third-order valence-electron chi connectivity index (χ3n) is 3.31. The molecule has 0 fully saturated rings. The smallest absolute Gasteiger partial charge is 0.387 e. The summed E-state index contributed by atoms with van der Waals surface area (Å²) in [6, 6.07) is 6.46. The summed E-state index contributed by atoms with van der Waals surface area (Å²) in [7, 11) is 0. The van der Waals surface area contributed by atoms with E-state index in [0.29, 0.717) is 17.2 Å². The maximum absolute atomic E-state index is 12.4. The highest BCUT2D eigenvalue weighted by Gasteiger charge is 2.20. The fraction of sp³-hybridized carbons (Fsp3) is 0.286. The first-order chi connectivity index (χ1) is 9.65. The molecule has 1 aromatic carbocycles. The van der Waals surface area contributed by atoms with Crippen LogP contribution in [0.1, 0.15) is 17.7 Å². The van der Waals surface area contributed by atoms with Crippen molar-refractivity contribution in [2.45, 2.75) is 25.9 Å². The number of para-hydroxylation sites is 1. The third kappa shape index (κ3) is 2.29. The molecule has 2 N–H and O–H groups in total. The highest BCUT2D eigenvalue weighted by molar-refractivity contribution is 5.66. The largest absolute Gasteiger partial charge is 0.434 e. The number of nitrogen functional groups attached to an aromatic ring is 1. The predicted molar refractivity (Wildman–Crippen MR) is 70.5 cm³/mol. The summed E-state index contributed by atoms with van der Waals surface area (Å²) in [5, 5.41) is 0. The molecule has 0 saturated carbocycles. The molecule has 20 heavy (non-hydrogen) atoms. The zero-order valence-corrected chi connectivity index (χ0v) is 10.6. The van der Waals surface area contributed by atoms with E-state index in [1.807, 2.05) is 0 Å². The number of benzene rings is 1. The molecule has 0 aliphatic heterocycles. The Balaban J connectivity index is 2.07. The average molecular weight is 277 g/mol. The first kappa shape index (κ1) is 12.8. The maximum atomic E-state index is 12.4. The van der Waals surface area contributed by atoms with E-state index in [1.165, 1.54) is 6.07 Å². The van der Waals surface area contributed by atoms with Crippen LogP contribution in [0.3, 0.4) is 0 Å². The summed E-state index contributed by atoms with van der Waals surface area (Å²) in [6.45, 7) is -2.89. The lowest BCUT2D eigenvalue weighted by Crippen LogP contribution is -2.06. The molecule has 6 heteroatoms. The second-order valence-electron chi connectivity index (χ2n) is 4.59. The van der Waals surface area contributed by atoms with Gasteiger partial charge in [0.15, 0.2) is 5.82 Å². The van der Waals surface area contributed by atoms with Crippen molar-refractivity contribution in [3.63, 3.8) is 0 Å². The Bertz CT molecular complexity index is 646. The molecule has 104 valence electrons. The number of anilines is 1. The molecule has 3 rings (SSSR count). The van der Waals surface area contributed by atoms with Crippen LogP contribution in [0, 0.1) is 0 Å². The van der Waals surface area contributed by atoms with E-state index in [-0.39, 0.29) is 5.75 Å². The molecule has 0 unspecified atom stereocenters. The predicted octanol–water partition coefficient (Wildman–Crippen LogP) is 2.82. The Hall–Kier alpha value is -2.24. The van der Waals surface area contributed by atoms with E-state index in [0.717, 1.165) is 30.5 Å². The second kappa shape index (κ2) is 5.03. The molecule has 0 amide bonds. The number of nitrogens with zero attached hydrogens (tertiary/aromatic N) is 2. The topological polar surface area (TPSA) is 61.0 Å². The lowest BCUT2D eigenvalue weighted by molar-refractivity contribution is -0.0494. The monoisotopic (exact) mass is 277 g/mol. The zero-order chi connectivity index (χ0) is 14.1. The van der Waals surface area contributed by atoms with Crippen LogP contribution in [-0.2, 0) is 12.8 Å². The minimum absolute atomic E-state index is 0.0554. The number of ether oxygens (including phenoxy) is 1. The van der Waals surface area contributed by atoms with Crippen LogP contribution in [0.15, 0.2) is 24.3 Å². The van der Waals surface area contributed by atoms with Gasteiger partial charge in [0.05, 0.1) is 5.56 Å². The van der Waals surface area contributed by atoms with Crippen molar-refractivity contribution < 1.29 is 13.5 Å². The molecule has 0 atom stereocenters. The molecule has 0 saturated heterocycles. The lowest BCUT2D eigenvalue weighted by atomic mass is 10.1. The van der Waals surface area contributed by atoms with Gasteiger partial charge in [-0.2, -0.15) is 8.78 Å². The van der Waals surface area contributed by atoms with Crippen LogP contribution in [0.5, 0.6) is 5.75 Å². The van der Waals surface area contributed by atoms with E-state index in [1.54, 1.807) is 18.2 Å². The summed E-state index contributed by atoms with van der Waals surface area (Å²) in [5.74, 6) is 0.814. The molecule has 0 bridgehead atoms. The van der Waals surface area contributed by atoms with Crippen LogP contribution >= 0.6 is 0 Å². The van der Waals surface area contributed by atoms with Gasteiger partial charge in [0.2, 0.25) is 0 Å². The van der Waals surface area contributed by atoms with Crippen molar-refractivity contribution in [2.24, 2.45) is 0 Å². The highest BCUT2D eigenvalue weighted by Crippen LogP contribution is 2.32. The number of alkyl halides is 2. The molecule has 1 heterocycles. The van der Waals surface area contributed by atoms with Gasteiger partial charge in [0, 0.05) is 11.3 Å². The van der Waals surface area contributed by atoms with Crippen molar-refractivity contribution in [3.05, 3.63) is 35.5 Å². The Morgan fingerprint density at radius 1 is 1.15 bits per heavy atom. The minimum atomic E-state index is -2.89. The Morgan fingerprint density at radius 2 is 1.95 bits per heavy atom. The van der Waals surface area contributed by atoms with Crippen LogP contribution < -0.4 is 10.5 Å². The fourth-order valence-corrected chi connectivity index (χ4v) is 2.43. The maximum Gasteiger partial charge on any atom is 0.387 e. The average Bonchev–Trinajstić information content (AvgIpc) is 2.87. The molecular formula is C14H13F2N3O.